The molecule has 222 valence electrons. The van der Waals surface area contributed by atoms with Crippen molar-refractivity contribution in [2.45, 2.75) is 76.5 Å². The highest BCUT2D eigenvalue weighted by Crippen LogP contribution is 2.41. The smallest absolute Gasteiger partial charge is 0.464 e. The van der Waals surface area contributed by atoms with Gasteiger partial charge in [-0.05, 0) is 31.9 Å². The molecule has 0 unspecified atom stereocenters. The lowest BCUT2D eigenvalue weighted by Gasteiger charge is -2.32. The monoisotopic (exact) mass is 573 g/mol. The van der Waals surface area contributed by atoms with Crippen LogP contribution in [0, 0.1) is 0 Å². The molecule has 2 aromatic rings. The molecule has 12 nitrogen and oxygen atoms in total. The molecule has 2 aromatic carbocycles. The van der Waals surface area contributed by atoms with E-state index in [1.54, 1.807) is 69.3 Å². The van der Waals surface area contributed by atoms with Crippen LogP contribution in [0.15, 0.2) is 60.7 Å². The first kappa shape index (κ1) is 30.3. The maximum Gasteiger partial charge on any atom is 0.509 e. The minimum absolute atomic E-state index is 0.00777. The minimum Gasteiger partial charge on any atom is -0.464 e. The van der Waals surface area contributed by atoms with Crippen LogP contribution in [0.25, 0.3) is 0 Å². The first-order valence-corrected chi connectivity index (χ1v) is 13.3. The third-order valence-electron chi connectivity index (χ3n) is 6.39. The van der Waals surface area contributed by atoms with Crippen molar-refractivity contribution in [2.75, 3.05) is 13.7 Å². The Hall–Kier alpha value is -3.71. The van der Waals surface area contributed by atoms with E-state index in [1.165, 1.54) is 7.11 Å². The average molecular weight is 574 g/mol. The van der Waals surface area contributed by atoms with E-state index < -0.39 is 60.8 Å². The van der Waals surface area contributed by atoms with Crippen LogP contribution < -0.4 is 5.32 Å². The number of esters is 1. The summed E-state index contributed by atoms with van der Waals surface area (Å²) in [5.74, 6) is -1.90. The Kier molecular flexibility index (Phi) is 10.2. The lowest BCUT2D eigenvalue weighted by Crippen LogP contribution is -2.58. The second-order valence-electron chi connectivity index (χ2n) is 9.81. The summed E-state index contributed by atoms with van der Waals surface area (Å²) in [4.78, 5) is 39.0. The summed E-state index contributed by atoms with van der Waals surface area (Å²) >= 11 is 0. The summed E-state index contributed by atoms with van der Waals surface area (Å²) in [6.45, 7) is 4.86. The van der Waals surface area contributed by atoms with Gasteiger partial charge in [-0.15, -0.1) is 0 Å². The third-order valence-corrected chi connectivity index (χ3v) is 6.39. The van der Waals surface area contributed by atoms with Crippen LogP contribution in [-0.2, 0) is 55.9 Å². The van der Waals surface area contributed by atoms with Crippen molar-refractivity contribution in [3.05, 3.63) is 71.8 Å². The molecule has 0 aromatic heterocycles. The van der Waals surface area contributed by atoms with E-state index in [1.807, 2.05) is 12.1 Å². The summed E-state index contributed by atoms with van der Waals surface area (Å²) in [6.07, 6.45) is -7.11. The number of ether oxygens (including phenoxy) is 8. The van der Waals surface area contributed by atoms with Gasteiger partial charge >= 0.3 is 18.2 Å². The number of hydrogen-bond acceptors (Lipinski definition) is 11. The number of nitrogens with one attached hydrogen (secondary N) is 1. The Bertz CT molecular complexity index is 1160. The first-order chi connectivity index (χ1) is 19.7. The number of hydrogen-bond donors (Lipinski definition) is 1. The highest BCUT2D eigenvalue weighted by Gasteiger charge is 2.60. The van der Waals surface area contributed by atoms with Crippen molar-refractivity contribution in [1.29, 1.82) is 0 Å². The third kappa shape index (κ3) is 7.94. The van der Waals surface area contributed by atoms with Gasteiger partial charge in [-0.3, -0.25) is 0 Å². The number of benzene rings is 2. The highest BCUT2D eigenvalue weighted by atomic mass is 16.8. The molecule has 2 aliphatic rings. The summed E-state index contributed by atoms with van der Waals surface area (Å²) in [6, 6.07) is 16.4. The number of alkyl carbamates (subject to hydrolysis) is 1. The highest BCUT2D eigenvalue weighted by molar-refractivity contribution is 5.82. The van der Waals surface area contributed by atoms with Crippen LogP contribution in [0.3, 0.4) is 0 Å². The summed E-state index contributed by atoms with van der Waals surface area (Å²) in [7, 11) is 1.42. The van der Waals surface area contributed by atoms with Crippen LogP contribution in [0.2, 0.25) is 0 Å². The molecule has 0 spiro atoms. The maximum atomic E-state index is 13.2. The zero-order chi connectivity index (χ0) is 29.4. The van der Waals surface area contributed by atoms with Crippen molar-refractivity contribution < 1.29 is 52.3 Å². The van der Waals surface area contributed by atoms with Gasteiger partial charge in [0.25, 0.3) is 0 Å². The SMILES string of the molecule is CCOC(=O)[C@@H](NC(=O)OCc1ccccc1)[C@@H](OC(=O)OCc1ccccc1)[C@H]1O[C@@H](OC)[C@H]2OC(C)(C)O[C@@H]12. The second kappa shape index (κ2) is 13.8. The zero-order valence-corrected chi connectivity index (χ0v) is 23.3. The first-order valence-electron chi connectivity index (χ1n) is 13.3. The molecule has 4 rings (SSSR count). The van der Waals surface area contributed by atoms with Crippen molar-refractivity contribution in [2.24, 2.45) is 0 Å². The molecule has 1 amide bonds. The van der Waals surface area contributed by atoms with E-state index in [-0.39, 0.29) is 19.8 Å². The molecule has 0 radical (unpaired) electrons. The molecule has 0 aliphatic carbocycles. The zero-order valence-electron chi connectivity index (χ0n) is 23.3. The van der Waals surface area contributed by atoms with Crippen LogP contribution >= 0.6 is 0 Å². The number of rotatable bonds is 11. The van der Waals surface area contributed by atoms with Crippen molar-refractivity contribution in [1.82, 2.24) is 5.32 Å². The van der Waals surface area contributed by atoms with Gasteiger partial charge in [0.05, 0.1) is 6.61 Å². The molecule has 0 bridgehead atoms. The molecular weight excluding hydrogens is 538 g/mol. The van der Waals surface area contributed by atoms with Crippen molar-refractivity contribution in [3.8, 4) is 0 Å². The number of carbonyl (C=O) groups excluding carboxylic acids is 3. The van der Waals surface area contributed by atoms with Gasteiger partial charge in [0, 0.05) is 7.11 Å². The van der Waals surface area contributed by atoms with E-state index in [0.29, 0.717) is 0 Å². The average Bonchev–Trinajstić information content (AvgIpc) is 3.46. The molecule has 41 heavy (non-hydrogen) atoms. The second-order valence-corrected chi connectivity index (χ2v) is 9.81. The Morgan fingerprint density at radius 2 is 1.46 bits per heavy atom. The fourth-order valence-electron chi connectivity index (χ4n) is 4.63. The molecule has 1 N–H and O–H groups in total. The van der Waals surface area contributed by atoms with Gasteiger partial charge in [0.2, 0.25) is 0 Å². The molecule has 2 saturated heterocycles. The fraction of sp³-hybridized carbons (Fsp3) is 0.483. The van der Waals surface area contributed by atoms with Gasteiger partial charge in [0.15, 0.2) is 24.2 Å². The fourth-order valence-corrected chi connectivity index (χ4v) is 4.63. The quantitative estimate of drug-likeness (QED) is 0.313. The number of fused-ring (bicyclic) bond motifs is 1. The molecular formula is C29H35NO11. The molecule has 2 fully saturated rings. The molecule has 2 aliphatic heterocycles. The van der Waals surface area contributed by atoms with Crippen LogP contribution in [-0.4, -0.2) is 74.5 Å². The van der Waals surface area contributed by atoms with E-state index in [4.69, 9.17) is 37.9 Å². The largest absolute Gasteiger partial charge is 0.509 e. The lowest BCUT2D eigenvalue weighted by atomic mass is 9.99. The van der Waals surface area contributed by atoms with Crippen LogP contribution in [0.5, 0.6) is 0 Å². The normalized spacial score (nSPS) is 24.0. The minimum atomic E-state index is -1.56. The van der Waals surface area contributed by atoms with Gasteiger partial charge in [-0.1, -0.05) is 60.7 Å². The Balaban J connectivity index is 1.57. The van der Waals surface area contributed by atoms with E-state index >= 15 is 0 Å². The summed E-state index contributed by atoms with van der Waals surface area (Å²) < 4.78 is 45.0. The summed E-state index contributed by atoms with van der Waals surface area (Å²) in [5.41, 5.74) is 1.45. The molecule has 12 heteroatoms. The number of methoxy groups -OCH3 is 1. The van der Waals surface area contributed by atoms with E-state index in [2.05, 4.69) is 5.32 Å². The lowest BCUT2D eigenvalue weighted by molar-refractivity contribution is -0.239. The number of amides is 1. The number of carbonyl (C=O) groups is 3. The van der Waals surface area contributed by atoms with Gasteiger partial charge < -0.3 is 43.2 Å². The van der Waals surface area contributed by atoms with Gasteiger partial charge in [0.1, 0.15) is 31.5 Å². The van der Waals surface area contributed by atoms with Gasteiger partial charge in [-0.2, -0.15) is 0 Å². The van der Waals surface area contributed by atoms with Crippen molar-refractivity contribution >= 4 is 18.2 Å². The van der Waals surface area contributed by atoms with E-state index in [0.717, 1.165) is 11.1 Å². The van der Waals surface area contributed by atoms with E-state index in [9.17, 15) is 14.4 Å². The summed E-state index contributed by atoms with van der Waals surface area (Å²) in [5, 5.41) is 2.48. The Morgan fingerprint density at radius 1 is 0.878 bits per heavy atom. The maximum absolute atomic E-state index is 13.2. The topological polar surface area (TPSA) is 137 Å². The molecule has 2 heterocycles. The van der Waals surface area contributed by atoms with Crippen molar-refractivity contribution in [3.63, 3.8) is 0 Å². The predicted molar refractivity (Wildman–Crippen MR) is 141 cm³/mol. The Morgan fingerprint density at radius 3 is 2.05 bits per heavy atom. The van der Waals surface area contributed by atoms with Crippen LogP contribution in [0.1, 0.15) is 31.9 Å². The van der Waals surface area contributed by atoms with Crippen LogP contribution in [0.4, 0.5) is 9.59 Å². The van der Waals surface area contributed by atoms with Gasteiger partial charge in [-0.25, -0.2) is 14.4 Å². The Labute approximate surface area is 238 Å². The molecule has 0 saturated carbocycles. The standard InChI is InChI=1S/C29H35NO11/c1-5-35-25(31)20(30-27(32)36-16-18-12-8-6-9-13-18)21(39-28(33)37-17-19-14-10-7-11-15-19)22-23-24(26(34-4)38-22)41-29(2,3)40-23/h6-15,20-24,26H,5,16-17H2,1-4H3,(H,30,32)/t20-,21+,22+,23-,24-,26+/m0/s1. The predicted octanol–water partition coefficient (Wildman–Crippen LogP) is 3.46. The molecule has 6 atom stereocenters.